The fourth-order valence-electron chi connectivity index (χ4n) is 4.05. The number of aliphatic hydroxyl groups excluding tert-OH is 1. The highest BCUT2D eigenvalue weighted by Gasteiger charge is 2.43. The second-order valence-electron chi connectivity index (χ2n) is 7.31. The predicted molar refractivity (Wildman–Crippen MR) is 115 cm³/mol. The van der Waals surface area contributed by atoms with Crippen molar-refractivity contribution in [3.63, 3.8) is 0 Å². The van der Waals surface area contributed by atoms with Gasteiger partial charge in [-0.15, -0.1) is 0 Å². The van der Waals surface area contributed by atoms with Crippen molar-refractivity contribution >= 4 is 10.0 Å². The summed E-state index contributed by atoms with van der Waals surface area (Å²) in [6.07, 6.45) is 2.49. The van der Waals surface area contributed by atoms with E-state index in [9.17, 15) is 13.5 Å². The minimum absolute atomic E-state index is 0.118. The summed E-state index contributed by atoms with van der Waals surface area (Å²) < 4.78 is 39.4. The summed E-state index contributed by atoms with van der Waals surface area (Å²) in [6, 6.07) is 14.9. The van der Waals surface area contributed by atoms with E-state index in [1.165, 1.54) is 10.4 Å². The van der Waals surface area contributed by atoms with Gasteiger partial charge in [0.15, 0.2) is 11.5 Å². The first-order chi connectivity index (χ1) is 15.0. The number of rotatable bonds is 6. The summed E-state index contributed by atoms with van der Waals surface area (Å²) in [5.41, 5.74) is 1.94. The molecule has 1 aliphatic heterocycles. The van der Waals surface area contributed by atoms with Crippen LogP contribution in [0.25, 0.3) is 0 Å². The van der Waals surface area contributed by atoms with E-state index in [1.54, 1.807) is 63.0 Å². The van der Waals surface area contributed by atoms with Crippen LogP contribution >= 0.6 is 0 Å². The van der Waals surface area contributed by atoms with Gasteiger partial charge in [-0.25, -0.2) is 8.42 Å². The van der Waals surface area contributed by atoms with Crippen molar-refractivity contribution in [2.75, 3.05) is 14.2 Å². The number of hydrogen-bond acceptors (Lipinski definition) is 6. The van der Waals surface area contributed by atoms with Gasteiger partial charge in [-0.2, -0.15) is 4.31 Å². The Morgan fingerprint density at radius 2 is 1.74 bits per heavy atom. The van der Waals surface area contributed by atoms with E-state index in [2.05, 4.69) is 4.98 Å². The van der Waals surface area contributed by atoms with Crippen molar-refractivity contribution in [2.45, 2.75) is 30.0 Å². The van der Waals surface area contributed by atoms with E-state index in [-0.39, 0.29) is 17.9 Å². The molecule has 0 fully saturated rings. The third-order valence-electron chi connectivity index (χ3n) is 5.56. The molecule has 1 N–H and O–H groups in total. The number of methoxy groups -OCH3 is 2. The first-order valence-electron chi connectivity index (χ1n) is 9.85. The van der Waals surface area contributed by atoms with Gasteiger partial charge in [-0.05, 0) is 41.8 Å². The molecule has 7 nitrogen and oxygen atoms in total. The van der Waals surface area contributed by atoms with Crippen molar-refractivity contribution < 1.29 is 23.0 Å². The van der Waals surface area contributed by atoms with Crippen LogP contribution in [0, 0.1) is 0 Å². The summed E-state index contributed by atoms with van der Waals surface area (Å²) in [5, 5.41) is 11.3. The molecule has 0 bridgehead atoms. The van der Waals surface area contributed by atoms with Gasteiger partial charge in [0.05, 0.1) is 31.3 Å². The molecule has 2 aromatic carbocycles. The normalized spacial score (nSPS) is 20.1. The molecule has 1 aromatic heterocycles. The maximum absolute atomic E-state index is 13.6. The Bertz CT molecular complexity index is 1170. The number of fused-ring (bicyclic) bond motifs is 1. The van der Waals surface area contributed by atoms with Gasteiger partial charge in [0, 0.05) is 24.5 Å². The minimum atomic E-state index is -3.84. The molecule has 4 rings (SSSR count). The number of ether oxygens (including phenoxy) is 2. The molecule has 31 heavy (non-hydrogen) atoms. The van der Waals surface area contributed by atoms with E-state index in [4.69, 9.17) is 9.47 Å². The zero-order valence-corrected chi connectivity index (χ0v) is 18.1. The van der Waals surface area contributed by atoms with E-state index < -0.39 is 22.2 Å². The van der Waals surface area contributed by atoms with Gasteiger partial charge in [0.1, 0.15) is 0 Å². The standard InChI is InChI=1S/C23H24N2O5S/c1-29-20-8-5-6-17(23(20)30-2)14-19-22(26)18-7-3-4-9-21(18)31(27,28)25(19)15-16-10-12-24-13-11-16/h3-13,19,22,26H,14-15H2,1-2H3. The van der Waals surface area contributed by atoms with Crippen LogP contribution in [0.4, 0.5) is 0 Å². The maximum Gasteiger partial charge on any atom is 0.244 e. The van der Waals surface area contributed by atoms with Crippen LogP contribution in [-0.2, 0) is 23.0 Å². The number of aromatic nitrogens is 1. The fraction of sp³-hybridized carbons (Fsp3) is 0.261. The van der Waals surface area contributed by atoms with Gasteiger partial charge >= 0.3 is 0 Å². The van der Waals surface area contributed by atoms with Crippen LogP contribution in [0.5, 0.6) is 11.5 Å². The summed E-state index contributed by atoms with van der Waals surface area (Å²) in [5.74, 6) is 1.08. The van der Waals surface area contributed by atoms with Crippen LogP contribution < -0.4 is 9.47 Å². The highest BCUT2D eigenvalue weighted by molar-refractivity contribution is 7.89. The molecule has 8 heteroatoms. The molecule has 0 radical (unpaired) electrons. The lowest BCUT2D eigenvalue weighted by molar-refractivity contribution is 0.0765. The Labute approximate surface area is 181 Å². The Morgan fingerprint density at radius 1 is 1.00 bits per heavy atom. The first kappa shape index (κ1) is 21.3. The smallest absolute Gasteiger partial charge is 0.244 e. The van der Waals surface area contributed by atoms with Crippen molar-refractivity contribution in [3.05, 3.63) is 83.7 Å². The summed E-state index contributed by atoms with van der Waals surface area (Å²) in [4.78, 5) is 4.14. The number of sulfonamides is 1. The molecule has 2 atom stereocenters. The van der Waals surface area contributed by atoms with Gasteiger partial charge in [-0.1, -0.05) is 30.3 Å². The lowest BCUT2D eigenvalue weighted by Gasteiger charge is -2.39. The van der Waals surface area contributed by atoms with Crippen molar-refractivity contribution in [2.24, 2.45) is 0 Å². The van der Waals surface area contributed by atoms with E-state index in [0.29, 0.717) is 17.1 Å². The Hall–Kier alpha value is -2.94. The topological polar surface area (TPSA) is 89.0 Å². The second-order valence-corrected chi connectivity index (χ2v) is 9.17. The summed E-state index contributed by atoms with van der Waals surface area (Å²) in [7, 11) is -0.747. The second kappa shape index (κ2) is 8.66. The largest absolute Gasteiger partial charge is 0.493 e. The van der Waals surface area contributed by atoms with Crippen LogP contribution in [0.1, 0.15) is 22.8 Å². The fourth-order valence-corrected chi connectivity index (χ4v) is 5.91. The molecule has 162 valence electrons. The van der Waals surface area contributed by atoms with Crippen LogP contribution in [0.2, 0.25) is 0 Å². The number of hydrogen-bond donors (Lipinski definition) is 1. The summed E-state index contributed by atoms with van der Waals surface area (Å²) in [6.45, 7) is 0.118. The van der Waals surface area contributed by atoms with Crippen molar-refractivity contribution in [1.29, 1.82) is 0 Å². The predicted octanol–water partition coefficient (Wildman–Crippen LogP) is 2.95. The average molecular weight is 441 g/mol. The number of nitrogens with zero attached hydrogens (tertiary/aromatic N) is 2. The van der Waals surface area contributed by atoms with Gasteiger partial charge in [0.2, 0.25) is 10.0 Å². The van der Waals surface area contributed by atoms with Crippen LogP contribution in [0.3, 0.4) is 0 Å². The molecule has 3 aromatic rings. The first-order valence-corrected chi connectivity index (χ1v) is 11.3. The SMILES string of the molecule is COc1cccc(CC2C(O)c3ccccc3S(=O)(=O)N2Cc2ccncc2)c1OC. The zero-order chi connectivity index (χ0) is 22.0. The highest BCUT2D eigenvalue weighted by atomic mass is 32.2. The van der Waals surface area contributed by atoms with Crippen LogP contribution in [0.15, 0.2) is 71.9 Å². The third kappa shape index (κ3) is 3.89. The van der Waals surface area contributed by atoms with Gasteiger partial charge in [-0.3, -0.25) is 4.98 Å². The number of benzene rings is 2. The molecule has 2 unspecified atom stereocenters. The Morgan fingerprint density at radius 3 is 2.45 bits per heavy atom. The molecule has 1 aliphatic rings. The molecule has 0 spiro atoms. The van der Waals surface area contributed by atoms with E-state index >= 15 is 0 Å². The molecular formula is C23H24N2O5S. The van der Waals surface area contributed by atoms with E-state index in [1.807, 2.05) is 12.1 Å². The van der Waals surface area contributed by atoms with Gasteiger partial charge in [0.25, 0.3) is 0 Å². The molecular weight excluding hydrogens is 416 g/mol. The number of pyridine rings is 1. The molecule has 0 saturated heterocycles. The number of aliphatic hydroxyl groups is 1. The molecule has 0 aliphatic carbocycles. The molecule has 2 heterocycles. The maximum atomic E-state index is 13.6. The van der Waals surface area contributed by atoms with Crippen molar-refractivity contribution in [3.8, 4) is 11.5 Å². The van der Waals surface area contributed by atoms with E-state index in [0.717, 1.165) is 11.1 Å². The lowest BCUT2D eigenvalue weighted by Crippen LogP contribution is -2.48. The highest BCUT2D eigenvalue weighted by Crippen LogP contribution is 2.41. The minimum Gasteiger partial charge on any atom is -0.493 e. The molecule has 0 amide bonds. The molecule has 0 saturated carbocycles. The average Bonchev–Trinajstić information content (AvgIpc) is 2.80. The quantitative estimate of drug-likeness (QED) is 0.634. The summed E-state index contributed by atoms with van der Waals surface area (Å²) >= 11 is 0. The van der Waals surface area contributed by atoms with Crippen LogP contribution in [-0.4, -0.2) is 43.1 Å². The zero-order valence-electron chi connectivity index (χ0n) is 17.3. The Kier molecular flexibility index (Phi) is 5.95. The van der Waals surface area contributed by atoms with Gasteiger partial charge < -0.3 is 14.6 Å². The monoisotopic (exact) mass is 440 g/mol. The lowest BCUT2D eigenvalue weighted by atomic mass is 9.94. The number of para-hydroxylation sites is 1. The Balaban J connectivity index is 1.82. The third-order valence-corrected chi connectivity index (χ3v) is 7.50. The van der Waals surface area contributed by atoms with Crippen molar-refractivity contribution in [1.82, 2.24) is 9.29 Å².